The van der Waals surface area contributed by atoms with E-state index < -0.39 is 0 Å². The highest BCUT2D eigenvalue weighted by atomic mass is 16.5. The molecule has 0 N–H and O–H groups in total. The monoisotopic (exact) mass is 248 g/mol. The zero-order valence-electron chi connectivity index (χ0n) is 11.3. The molecule has 18 heavy (non-hydrogen) atoms. The second-order valence-electron chi connectivity index (χ2n) is 6.50. The molecule has 2 aliphatic rings. The fraction of sp³-hybridized carbons (Fsp3) is 0.714. The van der Waals surface area contributed by atoms with Crippen LogP contribution in [0.5, 0.6) is 0 Å². The third kappa shape index (κ3) is 1.66. The lowest BCUT2D eigenvalue weighted by Gasteiger charge is -2.23. The summed E-state index contributed by atoms with van der Waals surface area (Å²) >= 11 is 0. The summed E-state index contributed by atoms with van der Waals surface area (Å²) in [5.41, 5.74) is 1.27. The van der Waals surface area contributed by atoms with Crippen LogP contribution in [0.15, 0.2) is 10.8 Å². The summed E-state index contributed by atoms with van der Waals surface area (Å²) in [6.07, 6.45) is 6.15. The largest absolute Gasteiger partial charge is 0.364 e. The molecule has 3 heterocycles. The number of amides is 1. The summed E-state index contributed by atoms with van der Waals surface area (Å²) in [6, 6.07) is 0.899. The highest BCUT2D eigenvalue weighted by Gasteiger charge is 2.43. The van der Waals surface area contributed by atoms with Crippen molar-refractivity contribution in [2.45, 2.75) is 64.0 Å². The van der Waals surface area contributed by atoms with Crippen molar-refractivity contribution in [3.63, 3.8) is 0 Å². The van der Waals surface area contributed by atoms with E-state index in [9.17, 15) is 4.79 Å². The maximum atomic E-state index is 12.7. The maximum Gasteiger partial charge on any atom is 0.259 e. The number of hydrogen-bond donors (Lipinski definition) is 0. The van der Waals surface area contributed by atoms with Gasteiger partial charge in [-0.05, 0) is 25.7 Å². The van der Waals surface area contributed by atoms with Gasteiger partial charge >= 0.3 is 0 Å². The van der Waals surface area contributed by atoms with Crippen LogP contribution in [0.1, 0.15) is 62.5 Å². The molecule has 0 spiro atoms. The Morgan fingerprint density at radius 2 is 1.83 bits per heavy atom. The summed E-state index contributed by atoms with van der Waals surface area (Å²) in [5, 5.41) is 4.03. The molecule has 1 aromatic heterocycles. The van der Waals surface area contributed by atoms with Crippen molar-refractivity contribution in [1.29, 1.82) is 0 Å². The Morgan fingerprint density at radius 1 is 1.28 bits per heavy atom. The molecule has 1 aromatic rings. The molecule has 2 fully saturated rings. The van der Waals surface area contributed by atoms with Gasteiger partial charge in [-0.3, -0.25) is 4.79 Å². The Labute approximate surface area is 107 Å². The fourth-order valence-corrected chi connectivity index (χ4v) is 3.31. The van der Waals surface area contributed by atoms with Gasteiger partial charge in [0.1, 0.15) is 17.5 Å². The number of rotatable bonds is 1. The summed E-state index contributed by atoms with van der Waals surface area (Å²) in [4.78, 5) is 14.7. The van der Waals surface area contributed by atoms with Crippen LogP contribution < -0.4 is 0 Å². The van der Waals surface area contributed by atoms with Gasteiger partial charge in [-0.25, -0.2) is 0 Å². The minimum Gasteiger partial charge on any atom is -0.364 e. The maximum absolute atomic E-state index is 12.7. The second kappa shape index (κ2) is 3.84. The van der Waals surface area contributed by atoms with Gasteiger partial charge in [0, 0.05) is 17.5 Å². The number of aromatic nitrogens is 1. The molecule has 1 amide bonds. The molecule has 4 heteroatoms. The highest BCUT2D eigenvalue weighted by Crippen LogP contribution is 2.39. The molecule has 2 saturated heterocycles. The van der Waals surface area contributed by atoms with Gasteiger partial charge < -0.3 is 9.42 Å². The predicted octanol–water partition coefficient (Wildman–Crippen LogP) is 2.74. The van der Waals surface area contributed by atoms with Crippen molar-refractivity contribution in [3.8, 4) is 0 Å². The van der Waals surface area contributed by atoms with Crippen LogP contribution in [-0.2, 0) is 5.41 Å². The first-order valence-corrected chi connectivity index (χ1v) is 6.76. The van der Waals surface area contributed by atoms with Crippen LogP contribution in [0.4, 0.5) is 0 Å². The molecule has 0 saturated carbocycles. The van der Waals surface area contributed by atoms with Crippen LogP contribution in [0.25, 0.3) is 0 Å². The van der Waals surface area contributed by atoms with E-state index in [1.807, 2.05) is 0 Å². The molecule has 2 aliphatic heterocycles. The predicted molar refractivity (Wildman–Crippen MR) is 67.4 cm³/mol. The molecule has 4 nitrogen and oxygen atoms in total. The van der Waals surface area contributed by atoms with Gasteiger partial charge in [0.25, 0.3) is 5.91 Å². The van der Waals surface area contributed by atoms with Gasteiger partial charge in [0.2, 0.25) is 0 Å². The van der Waals surface area contributed by atoms with E-state index >= 15 is 0 Å². The van der Waals surface area contributed by atoms with Gasteiger partial charge in [0.15, 0.2) is 0 Å². The van der Waals surface area contributed by atoms with Gasteiger partial charge in [-0.2, -0.15) is 0 Å². The minimum absolute atomic E-state index is 0.117. The molecular weight excluding hydrogens is 228 g/mol. The Kier molecular flexibility index (Phi) is 2.50. The standard InChI is InChI=1S/C14H20N2O2/c1-14(2,3)12-11(8-18-15-12)13(17)16-9-4-5-10(16)7-6-9/h8-10H,4-7H2,1-3H3. The first-order chi connectivity index (χ1) is 8.48. The average Bonchev–Trinajstić information content (AvgIpc) is 3.02. The van der Waals surface area contributed by atoms with Crippen molar-refractivity contribution in [2.75, 3.05) is 0 Å². The number of nitrogens with zero attached hydrogens (tertiary/aromatic N) is 2. The summed E-state index contributed by atoms with van der Waals surface area (Å²) in [5.74, 6) is 0.117. The van der Waals surface area contributed by atoms with E-state index in [2.05, 4.69) is 30.8 Å². The first kappa shape index (κ1) is 11.8. The number of fused-ring (bicyclic) bond motifs is 2. The van der Waals surface area contributed by atoms with E-state index in [1.54, 1.807) is 0 Å². The third-order valence-electron chi connectivity index (χ3n) is 4.20. The SMILES string of the molecule is CC(C)(C)c1nocc1C(=O)N1C2CCC1CC2. The fourth-order valence-electron chi connectivity index (χ4n) is 3.31. The van der Waals surface area contributed by atoms with E-state index in [1.165, 1.54) is 6.26 Å². The normalized spacial score (nSPS) is 26.9. The number of hydrogen-bond acceptors (Lipinski definition) is 3. The topological polar surface area (TPSA) is 46.3 Å². The third-order valence-corrected chi connectivity index (χ3v) is 4.20. The van der Waals surface area contributed by atoms with Crippen molar-refractivity contribution in [2.24, 2.45) is 0 Å². The quantitative estimate of drug-likeness (QED) is 0.767. The van der Waals surface area contributed by atoms with E-state index in [0.29, 0.717) is 17.6 Å². The van der Waals surface area contributed by atoms with Crippen LogP contribution in [0, 0.1) is 0 Å². The molecular formula is C14H20N2O2. The van der Waals surface area contributed by atoms with Crippen LogP contribution in [-0.4, -0.2) is 28.0 Å². The Balaban J connectivity index is 1.92. The second-order valence-corrected chi connectivity index (χ2v) is 6.50. The lowest BCUT2D eigenvalue weighted by Crippen LogP contribution is -2.36. The van der Waals surface area contributed by atoms with E-state index in [4.69, 9.17) is 4.52 Å². The highest BCUT2D eigenvalue weighted by molar-refractivity contribution is 5.96. The smallest absolute Gasteiger partial charge is 0.259 e. The molecule has 0 unspecified atom stereocenters. The lowest BCUT2D eigenvalue weighted by molar-refractivity contribution is 0.0727. The molecule has 0 radical (unpaired) electrons. The molecule has 2 bridgehead atoms. The van der Waals surface area contributed by atoms with Crippen LogP contribution >= 0.6 is 0 Å². The number of carbonyl (C=O) groups excluding carboxylic acids is 1. The molecule has 98 valence electrons. The molecule has 0 atom stereocenters. The Hall–Kier alpha value is -1.32. The zero-order chi connectivity index (χ0) is 12.9. The molecule has 0 aliphatic carbocycles. The average molecular weight is 248 g/mol. The van der Waals surface area contributed by atoms with Crippen LogP contribution in [0.2, 0.25) is 0 Å². The van der Waals surface area contributed by atoms with E-state index in [0.717, 1.165) is 31.4 Å². The van der Waals surface area contributed by atoms with Gasteiger partial charge in [-0.1, -0.05) is 25.9 Å². The van der Waals surface area contributed by atoms with Crippen molar-refractivity contribution >= 4 is 5.91 Å². The zero-order valence-corrected chi connectivity index (χ0v) is 11.3. The molecule has 3 rings (SSSR count). The summed E-state index contributed by atoms with van der Waals surface area (Å²) in [6.45, 7) is 6.17. The number of carbonyl (C=O) groups is 1. The van der Waals surface area contributed by atoms with Crippen molar-refractivity contribution in [3.05, 3.63) is 17.5 Å². The van der Waals surface area contributed by atoms with Gasteiger partial charge in [-0.15, -0.1) is 0 Å². The molecule has 0 aromatic carbocycles. The Bertz CT molecular complexity index is 452. The summed E-state index contributed by atoms with van der Waals surface area (Å²) < 4.78 is 5.05. The summed E-state index contributed by atoms with van der Waals surface area (Å²) in [7, 11) is 0. The van der Waals surface area contributed by atoms with Gasteiger partial charge in [0.05, 0.1) is 0 Å². The van der Waals surface area contributed by atoms with E-state index in [-0.39, 0.29) is 11.3 Å². The minimum atomic E-state index is -0.156. The first-order valence-electron chi connectivity index (χ1n) is 6.76. The lowest BCUT2D eigenvalue weighted by atomic mass is 9.89. The Morgan fingerprint density at radius 3 is 2.33 bits per heavy atom. The van der Waals surface area contributed by atoms with Crippen molar-refractivity contribution < 1.29 is 9.32 Å². The van der Waals surface area contributed by atoms with Crippen molar-refractivity contribution in [1.82, 2.24) is 10.1 Å². The van der Waals surface area contributed by atoms with Crippen LogP contribution in [0.3, 0.4) is 0 Å².